The molecule has 1 amide bonds. The molecule has 0 saturated carbocycles. The first-order chi connectivity index (χ1) is 9.69. The van der Waals surface area contributed by atoms with E-state index in [1.165, 1.54) is 0 Å². The summed E-state index contributed by atoms with van der Waals surface area (Å²) in [4.78, 5) is 25.6. The Bertz CT molecular complexity index is 465. The Balaban J connectivity index is 1.82. The van der Waals surface area contributed by atoms with Crippen molar-refractivity contribution in [3.05, 3.63) is 5.28 Å². The maximum atomic E-state index is 11.9. The van der Waals surface area contributed by atoms with Crippen molar-refractivity contribution in [2.45, 2.75) is 26.2 Å². The molecule has 110 valence electrons. The van der Waals surface area contributed by atoms with Gasteiger partial charge < -0.3 is 15.0 Å². The van der Waals surface area contributed by atoms with Crippen molar-refractivity contribution in [3.63, 3.8) is 0 Å². The monoisotopic (exact) mass is 299 g/mol. The number of rotatable bonds is 6. The highest BCUT2D eigenvalue weighted by Gasteiger charge is 2.17. The van der Waals surface area contributed by atoms with Gasteiger partial charge in [0.25, 0.3) is 0 Å². The Morgan fingerprint density at radius 3 is 2.80 bits per heavy atom. The van der Waals surface area contributed by atoms with Crippen LogP contribution >= 0.6 is 11.6 Å². The van der Waals surface area contributed by atoms with Gasteiger partial charge in [-0.05, 0) is 31.4 Å². The summed E-state index contributed by atoms with van der Waals surface area (Å²) in [5.41, 5.74) is 0. The van der Waals surface area contributed by atoms with Gasteiger partial charge in [-0.1, -0.05) is 0 Å². The first-order valence-electron chi connectivity index (χ1n) is 6.75. The largest absolute Gasteiger partial charge is 0.464 e. The van der Waals surface area contributed by atoms with Crippen LogP contribution in [0.25, 0.3) is 0 Å². The molecular weight excluding hydrogens is 282 g/mol. The van der Waals surface area contributed by atoms with Crippen molar-refractivity contribution < 1.29 is 9.53 Å². The highest BCUT2D eigenvalue weighted by Crippen LogP contribution is 2.12. The number of carbonyl (C=O) groups excluding carboxylic acids is 1. The Labute approximate surface area is 122 Å². The van der Waals surface area contributed by atoms with Gasteiger partial charge in [-0.3, -0.25) is 4.79 Å². The van der Waals surface area contributed by atoms with E-state index in [4.69, 9.17) is 16.3 Å². The predicted molar refractivity (Wildman–Crippen MR) is 74.9 cm³/mol. The van der Waals surface area contributed by atoms with Crippen LogP contribution in [-0.2, 0) is 4.79 Å². The van der Waals surface area contributed by atoms with E-state index in [0.717, 1.165) is 25.9 Å². The van der Waals surface area contributed by atoms with Crippen molar-refractivity contribution in [2.24, 2.45) is 0 Å². The molecule has 1 aliphatic heterocycles. The van der Waals surface area contributed by atoms with Crippen molar-refractivity contribution in [2.75, 3.05) is 31.6 Å². The summed E-state index contributed by atoms with van der Waals surface area (Å²) >= 11 is 5.77. The minimum absolute atomic E-state index is 0.0665. The number of hydrogen-bond donors (Lipinski definition) is 1. The second-order valence-corrected chi connectivity index (χ2v) is 4.75. The van der Waals surface area contributed by atoms with E-state index in [-0.39, 0.29) is 17.2 Å². The third-order valence-electron chi connectivity index (χ3n) is 2.94. The molecule has 1 N–H and O–H groups in total. The highest BCUT2D eigenvalue weighted by molar-refractivity contribution is 6.28. The van der Waals surface area contributed by atoms with Crippen LogP contribution < -0.4 is 10.1 Å². The molecule has 2 rings (SSSR count). The quantitative estimate of drug-likeness (QED) is 0.854. The number of anilines is 1. The number of halogens is 1. The van der Waals surface area contributed by atoms with E-state index in [1.54, 1.807) is 0 Å². The molecule has 1 aromatic heterocycles. The van der Waals surface area contributed by atoms with Gasteiger partial charge in [0.1, 0.15) is 0 Å². The molecule has 2 heterocycles. The average molecular weight is 300 g/mol. The van der Waals surface area contributed by atoms with E-state index in [1.807, 2.05) is 11.8 Å². The van der Waals surface area contributed by atoms with Crippen molar-refractivity contribution >= 4 is 23.5 Å². The lowest BCUT2D eigenvalue weighted by atomic mass is 10.3. The normalized spacial score (nSPS) is 14.4. The van der Waals surface area contributed by atoms with Gasteiger partial charge in [-0.15, -0.1) is 0 Å². The predicted octanol–water partition coefficient (Wildman–Crippen LogP) is 1.35. The molecule has 7 nitrogen and oxygen atoms in total. The molecule has 0 unspecified atom stereocenters. The summed E-state index contributed by atoms with van der Waals surface area (Å²) in [6, 6.07) is 0.181. The SMILES string of the molecule is CCOc1nc(Cl)nc(NCCC(=O)N2CCCC2)n1. The average Bonchev–Trinajstić information content (AvgIpc) is 2.92. The summed E-state index contributed by atoms with van der Waals surface area (Å²) in [7, 11) is 0. The smallest absolute Gasteiger partial charge is 0.322 e. The van der Waals surface area contributed by atoms with Crippen LogP contribution in [0, 0.1) is 0 Å². The van der Waals surface area contributed by atoms with Crippen LogP contribution in [0.4, 0.5) is 5.95 Å². The molecule has 0 bridgehead atoms. The lowest BCUT2D eigenvalue weighted by Gasteiger charge is -2.15. The number of carbonyl (C=O) groups is 1. The molecule has 0 spiro atoms. The van der Waals surface area contributed by atoms with Crippen molar-refractivity contribution in [1.82, 2.24) is 19.9 Å². The number of nitrogens with zero attached hydrogens (tertiary/aromatic N) is 4. The maximum Gasteiger partial charge on any atom is 0.322 e. The minimum Gasteiger partial charge on any atom is -0.464 e. The second kappa shape index (κ2) is 7.23. The zero-order valence-corrected chi connectivity index (χ0v) is 12.2. The number of nitrogens with one attached hydrogen (secondary N) is 1. The van der Waals surface area contributed by atoms with E-state index in [9.17, 15) is 4.79 Å². The fourth-order valence-electron chi connectivity index (χ4n) is 2.01. The summed E-state index contributed by atoms with van der Waals surface area (Å²) < 4.78 is 5.17. The van der Waals surface area contributed by atoms with Crippen LogP contribution in [0.2, 0.25) is 5.28 Å². The summed E-state index contributed by atoms with van der Waals surface area (Å²) in [6.45, 7) is 4.48. The van der Waals surface area contributed by atoms with Gasteiger partial charge >= 0.3 is 6.01 Å². The summed E-state index contributed by atoms with van der Waals surface area (Å²) in [6.07, 6.45) is 2.60. The molecule has 0 atom stereocenters. The number of likely N-dealkylation sites (tertiary alicyclic amines) is 1. The number of hydrogen-bond acceptors (Lipinski definition) is 6. The third-order valence-corrected chi connectivity index (χ3v) is 3.11. The van der Waals surface area contributed by atoms with Crippen LogP contribution in [0.15, 0.2) is 0 Å². The molecule has 1 aromatic rings. The van der Waals surface area contributed by atoms with Gasteiger partial charge in [-0.2, -0.15) is 15.0 Å². The van der Waals surface area contributed by atoms with Gasteiger partial charge in [0.15, 0.2) is 0 Å². The lowest BCUT2D eigenvalue weighted by molar-refractivity contribution is -0.129. The highest BCUT2D eigenvalue weighted by atomic mass is 35.5. The van der Waals surface area contributed by atoms with E-state index < -0.39 is 0 Å². The van der Waals surface area contributed by atoms with Gasteiger partial charge in [0, 0.05) is 26.1 Å². The van der Waals surface area contributed by atoms with Gasteiger partial charge in [-0.25, -0.2) is 0 Å². The Hall–Kier alpha value is -1.63. The van der Waals surface area contributed by atoms with E-state index in [0.29, 0.717) is 25.5 Å². The summed E-state index contributed by atoms with van der Waals surface area (Å²) in [5.74, 6) is 0.475. The molecule has 0 radical (unpaired) electrons. The fourth-order valence-corrected chi connectivity index (χ4v) is 2.16. The molecule has 8 heteroatoms. The van der Waals surface area contributed by atoms with Crippen molar-refractivity contribution in [3.8, 4) is 6.01 Å². The summed E-state index contributed by atoms with van der Waals surface area (Å²) in [5, 5.41) is 3.03. The van der Waals surface area contributed by atoms with Crippen LogP contribution in [0.1, 0.15) is 26.2 Å². The van der Waals surface area contributed by atoms with Gasteiger partial charge in [0.05, 0.1) is 6.61 Å². The first-order valence-corrected chi connectivity index (χ1v) is 7.13. The molecule has 0 aliphatic carbocycles. The second-order valence-electron chi connectivity index (χ2n) is 4.41. The van der Waals surface area contributed by atoms with Crippen LogP contribution in [0.5, 0.6) is 6.01 Å². The fraction of sp³-hybridized carbons (Fsp3) is 0.667. The number of amides is 1. The minimum atomic E-state index is 0.0665. The molecule has 20 heavy (non-hydrogen) atoms. The van der Waals surface area contributed by atoms with Crippen molar-refractivity contribution in [1.29, 1.82) is 0 Å². The molecular formula is C12H18ClN5O2. The van der Waals surface area contributed by atoms with Gasteiger partial charge in [0.2, 0.25) is 17.1 Å². The Morgan fingerprint density at radius 2 is 2.10 bits per heavy atom. The number of ether oxygens (including phenoxy) is 1. The number of aromatic nitrogens is 3. The molecule has 1 saturated heterocycles. The third kappa shape index (κ3) is 4.19. The van der Waals surface area contributed by atoms with Crippen LogP contribution in [-0.4, -0.2) is 52.0 Å². The standard InChI is InChI=1S/C12H18ClN5O2/c1-2-20-12-16-10(13)15-11(17-12)14-6-5-9(19)18-7-3-4-8-18/h2-8H2,1H3,(H,14,15,16,17). The molecule has 1 fully saturated rings. The Morgan fingerprint density at radius 1 is 1.35 bits per heavy atom. The first kappa shape index (κ1) is 14.8. The van der Waals surface area contributed by atoms with E-state index in [2.05, 4.69) is 20.3 Å². The lowest BCUT2D eigenvalue weighted by Crippen LogP contribution is -2.29. The molecule has 0 aromatic carbocycles. The Kier molecular flexibility index (Phi) is 5.34. The van der Waals surface area contributed by atoms with E-state index >= 15 is 0 Å². The zero-order valence-electron chi connectivity index (χ0n) is 11.4. The maximum absolute atomic E-state index is 11.9. The van der Waals surface area contributed by atoms with Crippen LogP contribution in [0.3, 0.4) is 0 Å². The molecule has 1 aliphatic rings. The zero-order chi connectivity index (χ0) is 14.4. The topological polar surface area (TPSA) is 80.2 Å².